The van der Waals surface area contributed by atoms with Gasteiger partial charge in [0.15, 0.2) is 6.10 Å². The lowest BCUT2D eigenvalue weighted by Crippen LogP contribution is -2.36. The largest absolute Gasteiger partial charge is 0.381 e. The lowest BCUT2D eigenvalue weighted by atomic mass is 10.0. The van der Waals surface area contributed by atoms with Crippen LogP contribution < -0.4 is 0 Å². The van der Waals surface area contributed by atoms with Crippen LogP contribution in [0.4, 0.5) is 8.78 Å². The summed E-state index contributed by atoms with van der Waals surface area (Å²) in [5.74, 6) is -5.49. The third-order valence-corrected chi connectivity index (χ3v) is 3.30. The van der Waals surface area contributed by atoms with Gasteiger partial charge < -0.3 is 5.11 Å². The molecule has 1 N–H and O–H groups in total. The molecule has 0 spiro atoms. The van der Waals surface area contributed by atoms with Crippen molar-refractivity contribution in [3.05, 3.63) is 66.4 Å². The summed E-state index contributed by atoms with van der Waals surface area (Å²) in [6.45, 7) is 0. The number of aliphatic hydroxyl groups is 1. The number of carbonyl (C=O) groups excluding carboxylic acids is 1. The smallest absolute Gasteiger partial charge is 0.340 e. The maximum atomic E-state index is 14.3. The van der Waals surface area contributed by atoms with E-state index in [4.69, 9.17) is 0 Å². The summed E-state index contributed by atoms with van der Waals surface area (Å²) in [6.07, 6.45) is 2.74. The molecule has 22 heavy (non-hydrogen) atoms. The summed E-state index contributed by atoms with van der Waals surface area (Å²) in [5, 5.41) is 9.85. The first kappa shape index (κ1) is 14.3. The number of carbonyl (C=O) groups is 1. The van der Waals surface area contributed by atoms with Gasteiger partial charge in [0.2, 0.25) is 0 Å². The number of rotatable bonds is 4. The predicted molar refractivity (Wildman–Crippen MR) is 73.7 cm³/mol. The molecular weight excluding hydrogens is 292 g/mol. The molecule has 0 aliphatic heterocycles. The predicted octanol–water partition coefficient (Wildman–Crippen LogP) is 2.28. The topological polar surface area (TPSA) is 67.5 Å². The van der Waals surface area contributed by atoms with Crippen molar-refractivity contribution in [1.82, 2.24) is 14.4 Å². The van der Waals surface area contributed by atoms with E-state index < -0.39 is 17.8 Å². The van der Waals surface area contributed by atoms with Crippen LogP contribution in [0.3, 0.4) is 0 Å². The van der Waals surface area contributed by atoms with Crippen molar-refractivity contribution in [2.24, 2.45) is 0 Å². The molecule has 0 aliphatic carbocycles. The SMILES string of the molecule is O=C(c1cnc2ccccn12)C(F)(F)[C@H](O)c1cccnc1. The van der Waals surface area contributed by atoms with E-state index in [0.717, 1.165) is 12.4 Å². The Labute approximate surface area is 123 Å². The first-order valence-corrected chi connectivity index (χ1v) is 6.44. The number of halogens is 2. The van der Waals surface area contributed by atoms with Gasteiger partial charge in [0.25, 0.3) is 5.78 Å². The van der Waals surface area contributed by atoms with E-state index in [1.807, 2.05) is 0 Å². The van der Waals surface area contributed by atoms with Gasteiger partial charge in [0.05, 0.1) is 6.20 Å². The number of pyridine rings is 2. The van der Waals surface area contributed by atoms with Crippen molar-refractivity contribution < 1.29 is 18.7 Å². The van der Waals surface area contributed by atoms with E-state index in [1.165, 1.54) is 28.9 Å². The highest BCUT2D eigenvalue weighted by Gasteiger charge is 2.48. The van der Waals surface area contributed by atoms with Crippen LogP contribution in [0.2, 0.25) is 0 Å². The highest BCUT2D eigenvalue weighted by atomic mass is 19.3. The number of aliphatic hydroxyl groups excluding tert-OH is 1. The van der Waals surface area contributed by atoms with Gasteiger partial charge in [-0.2, -0.15) is 8.78 Å². The number of imidazole rings is 1. The Hall–Kier alpha value is -2.67. The molecule has 3 aromatic heterocycles. The fraction of sp³-hybridized carbons (Fsp3) is 0.133. The minimum atomic E-state index is -3.99. The normalized spacial score (nSPS) is 13.2. The van der Waals surface area contributed by atoms with Crippen LogP contribution in [-0.2, 0) is 0 Å². The molecule has 3 heterocycles. The zero-order chi connectivity index (χ0) is 15.7. The van der Waals surface area contributed by atoms with Gasteiger partial charge in [-0.3, -0.25) is 14.2 Å². The van der Waals surface area contributed by atoms with Crippen LogP contribution in [0.15, 0.2) is 55.1 Å². The summed E-state index contributed by atoms with van der Waals surface area (Å²) in [5.41, 5.74) is -0.0456. The van der Waals surface area contributed by atoms with Crippen molar-refractivity contribution in [2.45, 2.75) is 12.0 Å². The number of hydrogen-bond donors (Lipinski definition) is 1. The number of aromatic nitrogens is 3. The van der Waals surface area contributed by atoms with Gasteiger partial charge >= 0.3 is 5.92 Å². The second kappa shape index (κ2) is 5.27. The van der Waals surface area contributed by atoms with Gasteiger partial charge in [-0.25, -0.2) is 4.98 Å². The number of fused-ring (bicyclic) bond motifs is 1. The molecule has 0 unspecified atom stereocenters. The summed E-state index contributed by atoms with van der Waals surface area (Å²) in [7, 11) is 0. The standard InChI is InChI=1S/C15H11F2N3O2/c16-15(17,13(21)10-4-3-6-18-8-10)14(22)11-9-19-12-5-1-2-7-20(11)12/h1-9,13,21H/t13-/m1/s1. The van der Waals surface area contributed by atoms with Gasteiger partial charge in [-0.1, -0.05) is 12.1 Å². The molecule has 0 saturated heterocycles. The monoisotopic (exact) mass is 303 g/mol. The van der Waals surface area contributed by atoms with Crippen LogP contribution >= 0.6 is 0 Å². The van der Waals surface area contributed by atoms with Gasteiger partial charge in [0, 0.05) is 24.2 Å². The Morgan fingerprint density at radius 2 is 2.05 bits per heavy atom. The fourth-order valence-electron chi connectivity index (χ4n) is 2.14. The molecule has 0 radical (unpaired) electrons. The van der Waals surface area contributed by atoms with E-state index in [2.05, 4.69) is 9.97 Å². The highest BCUT2D eigenvalue weighted by Crippen LogP contribution is 2.34. The van der Waals surface area contributed by atoms with Crippen molar-refractivity contribution in [2.75, 3.05) is 0 Å². The van der Waals surface area contributed by atoms with E-state index in [0.29, 0.717) is 5.65 Å². The van der Waals surface area contributed by atoms with E-state index in [1.54, 1.807) is 18.2 Å². The molecule has 0 aliphatic rings. The Bertz CT molecular complexity index is 818. The molecule has 0 saturated carbocycles. The highest BCUT2D eigenvalue weighted by molar-refractivity contribution is 6.01. The van der Waals surface area contributed by atoms with Crippen molar-refractivity contribution in [3.63, 3.8) is 0 Å². The molecule has 0 fully saturated rings. The molecule has 7 heteroatoms. The lowest BCUT2D eigenvalue weighted by molar-refractivity contribution is -0.0796. The quantitative estimate of drug-likeness (QED) is 0.751. The molecule has 5 nitrogen and oxygen atoms in total. The van der Waals surface area contributed by atoms with Crippen LogP contribution in [0.25, 0.3) is 5.65 Å². The molecule has 0 aromatic carbocycles. The lowest BCUT2D eigenvalue weighted by Gasteiger charge is -2.21. The van der Waals surface area contributed by atoms with Crippen LogP contribution in [0.1, 0.15) is 22.2 Å². The molecule has 0 bridgehead atoms. The van der Waals surface area contributed by atoms with Crippen molar-refractivity contribution >= 4 is 11.4 Å². The van der Waals surface area contributed by atoms with Gasteiger partial charge in [-0.15, -0.1) is 0 Å². The number of alkyl halides is 2. The molecular formula is C15H11F2N3O2. The van der Waals surface area contributed by atoms with Crippen LogP contribution in [-0.4, -0.2) is 31.2 Å². The zero-order valence-corrected chi connectivity index (χ0v) is 11.2. The molecule has 1 atom stereocenters. The van der Waals surface area contributed by atoms with Crippen LogP contribution in [0.5, 0.6) is 0 Å². The summed E-state index contributed by atoms with van der Waals surface area (Å²) in [6, 6.07) is 7.56. The Kier molecular flexibility index (Phi) is 3.42. The van der Waals surface area contributed by atoms with Crippen molar-refractivity contribution in [3.8, 4) is 0 Å². The van der Waals surface area contributed by atoms with E-state index in [-0.39, 0.29) is 11.3 Å². The first-order chi connectivity index (χ1) is 10.5. The molecule has 112 valence electrons. The van der Waals surface area contributed by atoms with Gasteiger partial charge in [-0.05, 0) is 18.2 Å². The Morgan fingerprint density at radius 3 is 2.77 bits per heavy atom. The summed E-state index contributed by atoms with van der Waals surface area (Å²) in [4.78, 5) is 19.7. The first-order valence-electron chi connectivity index (χ1n) is 6.44. The third-order valence-electron chi connectivity index (χ3n) is 3.30. The average Bonchev–Trinajstić information content (AvgIpc) is 2.98. The third kappa shape index (κ3) is 2.25. The number of nitrogens with zero attached hydrogens (tertiary/aromatic N) is 3. The minimum Gasteiger partial charge on any atom is -0.381 e. The number of Topliss-reactive ketones (excluding diaryl/α,β-unsaturated/α-hetero) is 1. The molecule has 3 aromatic rings. The average molecular weight is 303 g/mol. The van der Waals surface area contributed by atoms with E-state index >= 15 is 0 Å². The molecule has 0 amide bonds. The summed E-state index contributed by atoms with van der Waals surface area (Å²) >= 11 is 0. The minimum absolute atomic E-state index is 0.130. The zero-order valence-electron chi connectivity index (χ0n) is 11.2. The number of hydrogen-bond acceptors (Lipinski definition) is 4. The maximum Gasteiger partial charge on any atom is 0.340 e. The van der Waals surface area contributed by atoms with Gasteiger partial charge in [0.1, 0.15) is 11.3 Å². The second-order valence-electron chi connectivity index (χ2n) is 4.71. The van der Waals surface area contributed by atoms with Crippen molar-refractivity contribution in [1.29, 1.82) is 0 Å². The summed E-state index contributed by atoms with van der Waals surface area (Å²) < 4.78 is 29.9. The Morgan fingerprint density at radius 1 is 1.23 bits per heavy atom. The fourth-order valence-corrected chi connectivity index (χ4v) is 2.14. The second-order valence-corrected chi connectivity index (χ2v) is 4.71. The van der Waals surface area contributed by atoms with E-state index in [9.17, 15) is 18.7 Å². The van der Waals surface area contributed by atoms with Crippen LogP contribution in [0, 0.1) is 0 Å². The Balaban J connectivity index is 2.00. The number of ketones is 1. The molecule has 3 rings (SSSR count). The maximum absolute atomic E-state index is 14.3.